The summed E-state index contributed by atoms with van der Waals surface area (Å²) < 4.78 is 51.9. The number of nitro groups is 1. The number of nitrogens with zero attached hydrogens (tertiary/aromatic N) is 1. The third-order valence-corrected chi connectivity index (χ3v) is 5.60. The lowest BCUT2D eigenvalue weighted by Crippen LogP contribution is -2.36. The highest BCUT2D eigenvalue weighted by atomic mass is 35.5. The molecular weight excluding hydrogens is 523 g/mol. The van der Waals surface area contributed by atoms with Crippen LogP contribution in [0.5, 0.6) is 5.75 Å². The fourth-order valence-electron chi connectivity index (χ4n) is 3.61. The zero-order valence-corrected chi connectivity index (χ0v) is 20.3. The van der Waals surface area contributed by atoms with Gasteiger partial charge in [-0.1, -0.05) is 41.9 Å². The molecule has 13 heteroatoms. The van der Waals surface area contributed by atoms with Gasteiger partial charge in [0, 0.05) is 6.42 Å². The summed E-state index contributed by atoms with van der Waals surface area (Å²) >= 11 is 5.99. The number of rotatable bonds is 11. The molecule has 2 aromatic rings. The molecule has 0 aliphatic rings. The SMILES string of the molecule is CC(=O)C(C(=O)OC(C)CCOc1ccccc1Cl)C(C(=C(O)O)[N+](=O)[O-])c1ccccc1C(F)(F)F. The number of hydrogen-bond donors (Lipinski definition) is 2. The number of para-hydroxylation sites is 1. The van der Waals surface area contributed by atoms with Gasteiger partial charge in [-0.05, 0) is 37.6 Å². The number of aliphatic hydroxyl groups excluding tert-OH is 1. The smallest absolute Gasteiger partial charge is 0.416 e. The maximum atomic E-state index is 13.7. The molecule has 3 unspecified atom stereocenters. The van der Waals surface area contributed by atoms with Crippen molar-refractivity contribution >= 4 is 23.4 Å². The number of carbonyl (C=O) groups excluding carboxylic acids is 2. The van der Waals surface area contributed by atoms with Crippen molar-refractivity contribution in [3.63, 3.8) is 0 Å². The van der Waals surface area contributed by atoms with Crippen molar-refractivity contribution < 1.29 is 47.4 Å². The zero-order valence-electron chi connectivity index (χ0n) is 19.6. The second-order valence-electron chi connectivity index (χ2n) is 7.93. The van der Waals surface area contributed by atoms with E-state index in [0.29, 0.717) is 16.8 Å². The summed E-state index contributed by atoms with van der Waals surface area (Å²) in [6.07, 6.45) is -5.92. The Kier molecular flexibility index (Phi) is 9.89. The van der Waals surface area contributed by atoms with Gasteiger partial charge >= 0.3 is 23.8 Å². The van der Waals surface area contributed by atoms with Crippen LogP contribution in [-0.4, -0.2) is 39.6 Å². The Labute approximate surface area is 214 Å². The van der Waals surface area contributed by atoms with Gasteiger partial charge in [-0.2, -0.15) is 13.2 Å². The fourth-order valence-corrected chi connectivity index (χ4v) is 3.80. The molecule has 0 saturated carbocycles. The Morgan fingerprint density at radius 1 is 1.11 bits per heavy atom. The van der Waals surface area contributed by atoms with Crippen molar-refractivity contribution in [1.82, 2.24) is 0 Å². The van der Waals surface area contributed by atoms with Gasteiger partial charge in [0.2, 0.25) is 0 Å². The van der Waals surface area contributed by atoms with Crippen LogP contribution in [0.1, 0.15) is 37.3 Å². The minimum absolute atomic E-state index is 0.000727. The number of halogens is 4. The highest BCUT2D eigenvalue weighted by molar-refractivity contribution is 6.32. The van der Waals surface area contributed by atoms with Crippen molar-refractivity contribution in [2.75, 3.05) is 6.61 Å². The third kappa shape index (κ3) is 7.59. The molecular formula is C24H23ClF3NO8. The second kappa shape index (κ2) is 12.4. The molecule has 0 heterocycles. The van der Waals surface area contributed by atoms with E-state index in [9.17, 15) is 43.1 Å². The van der Waals surface area contributed by atoms with E-state index in [1.165, 1.54) is 6.92 Å². The van der Waals surface area contributed by atoms with Gasteiger partial charge in [-0.25, -0.2) is 0 Å². The quantitative estimate of drug-likeness (QED) is 0.122. The van der Waals surface area contributed by atoms with Crippen molar-refractivity contribution in [2.24, 2.45) is 5.92 Å². The number of ketones is 1. The summed E-state index contributed by atoms with van der Waals surface area (Å²) in [6, 6.07) is 10.1. The Morgan fingerprint density at radius 2 is 1.70 bits per heavy atom. The molecule has 3 atom stereocenters. The summed E-state index contributed by atoms with van der Waals surface area (Å²) in [5, 5.41) is 31.1. The Morgan fingerprint density at radius 3 is 2.24 bits per heavy atom. The number of esters is 1. The van der Waals surface area contributed by atoms with Crippen LogP contribution < -0.4 is 4.74 Å². The number of hydrogen-bond acceptors (Lipinski definition) is 8. The lowest BCUT2D eigenvalue weighted by molar-refractivity contribution is -0.436. The first kappa shape index (κ1) is 29.4. The Balaban J connectivity index is 2.40. The molecule has 37 heavy (non-hydrogen) atoms. The summed E-state index contributed by atoms with van der Waals surface area (Å²) in [6.45, 7) is 2.24. The van der Waals surface area contributed by atoms with Gasteiger partial charge in [0.15, 0.2) is 0 Å². The molecule has 0 aromatic heterocycles. The van der Waals surface area contributed by atoms with E-state index < -0.39 is 63.6 Å². The number of ether oxygens (including phenoxy) is 2. The van der Waals surface area contributed by atoms with Crippen LogP contribution >= 0.6 is 11.6 Å². The van der Waals surface area contributed by atoms with E-state index in [1.807, 2.05) is 0 Å². The lowest BCUT2D eigenvalue weighted by atomic mass is 9.79. The molecule has 2 rings (SSSR count). The first-order chi connectivity index (χ1) is 17.3. The number of allylic oxidation sites excluding steroid dienone is 1. The van der Waals surface area contributed by atoms with Crippen LogP contribution in [0.15, 0.2) is 60.2 Å². The minimum atomic E-state index is -5.05. The van der Waals surface area contributed by atoms with Crippen LogP contribution in [0, 0.1) is 16.0 Å². The van der Waals surface area contributed by atoms with Crippen LogP contribution in [0.3, 0.4) is 0 Å². The monoisotopic (exact) mass is 545 g/mol. The molecule has 0 aliphatic carbocycles. The number of aliphatic hydroxyl groups is 2. The van der Waals surface area contributed by atoms with Crippen LogP contribution in [-0.2, 0) is 20.5 Å². The van der Waals surface area contributed by atoms with E-state index >= 15 is 0 Å². The lowest BCUT2D eigenvalue weighted by Gasteiger charge is -2.26. The predicted molar refractivity (Wildman–Crippen MR) is 125 cm³/mol. The maximum absolute atomic E-state index is 13.7. The zero-order chi connectivity index (χ0) is 27.9. The second-order valence-corrected chi connectivity index (χ2v) is 8.34. The average molecular weight is 546 g/mol. The third-order valence-electron chi connectivity index (χ3n) is 5.28. The van der Waals surface area contributed by atoms with E-state index in [1.54, 1.807) is 24.3 Å². The van der Waals surface area contributed by atoms with E-state index in [4.69, 9.17) is 21.1 Å². The number of Topliss-reactive ketones (excluding diaryl/α,β-unsaturated/α-hetero) is 1. The minimum Gasteiger partial charge on any atom is -0.492 e. The standard InChI is InChI=1S/C24H23ClF3NO8/c1-13(11-12-36-18-10-6-5-9-17(18)25)37-23(33)19(14(2)30)20(21(22(31)32)29(34)35)15-7-3-4-8-16(15)24(26,27)28/h3-10,13,19-20,31-32H,11-12H2,1-2H3. The molecule has 0 fully saturated rings. The molecule has 0 saturated heterocycles. The first-order valence-electron chi connectivity index (χ1n) is 10.8. The highest BCUT2D eigenvalue weighted by Crippen LogP contribution is 2.42. The molecule has 0 amide bonds. The number of carbonyl (C=O) groups is 2. The van der Waals surface area contributed by atoms with Crippen molar-refractivity contribution in [2.45, 2.75) is 38.5 Å². The molecule has 2 N–H and O–H groups in total. The largest absolute Gasteiger partial charge is 0.492 e. The van der Waals surface area contributed by atoms with Crippen LogP contribution in [0.2, 0.25) is 5.02 Å². The van der Waals surface area contributed by atoms with Gasteiger partial charge in [-0.15, -0.1) is 0 Å². The summed E-state index contributed by atoms with van der Waals surface area (Å²) in [4.78, 5) is 35.8. The Bertz CT molecular complexity index is 1180. The van der Waals surface area contributed by atoms with Crippen LogP contribution in [0.25, 0.3) is 0 Å². The van der Waals surface area contributed by atoms with Gasteiger partial charge < -0.3 is 19.7 Å². The van der Waals surface area contributed by atoms with Gasteiger partial charge in [-0.3, -0.25) is 19.7 Å². The average Bonchev–Trinajstić information content (AvgIpc) is 2.78. The molecule has 200 valence electrons. The van der Waals surface area contributed by atoms with Gasteiger partial charge in [0.25, 0.3) is 0 Å². The van der Waals surface area contributed by atoms with Crippen molar-refractivity contribution in [1.29, 1.82) is 0 Å². The van der Waals surface area contributed by atoms with Crippen molar-refractivity contribution in [3.8, 4) is 5.75 Å². The summed E-state index contributed by atoms with van der Waals surface area (Å²) in [5.41, 5.74) is -3.85. The highest BCUT2D eigenvalue weighted by Gasteiger charge is 2.48. The normalized spacial score (nSPS) is 13.7. The fraction of sp³-hybridized carbons (Fsp3) is 0.333. The number of alkyl halides is 3. The predicted octanol–water partition coefficient (Wildman–Crippen LogP) is 5.61. The van der Waals surface area contributed by atoms with E-state index in [2.05, 4.69) is 0 Å². The topological polar surface area (TPSA) is 136 Å². The number of benzene rings is 2. The molecule has 0 radical (unpaired) electrons. The first-order valence-corrected chi connectivity index (χ1v) is 11.1. The summed E-state index contributed by atoms with van der Waals surface area (Å²) in [7, 11) is 0. The molecule has 9 nitrogen and oxygen atoms in total. The van der Waals surface area contributed by atoms with E-state index in [-0.39, 0.29) is 13.0 Å². The van der Waals surface area contributed by atoms with Crippen molar-refractivity contribution in [3.05, 3.63) is 86.4 Å². The molecule has 0 bridgehead atoms. The maximum Gasteiger partial charge on any atom is 0.416 e. The van der Waals surface area contributed by atoms with E-state index in [0.717, 1.165) is 25.1 Å². The van der Waals surface area contributed by atoms with Gasteiger partial charge in [0.05, 0.1) is 22.1 Å². The Hall–Kier alpha value is -3.80. The summed E-state index contributed by atoms with van der Waals surface area (Å²) in [5.74, 6) is -8.61. The molecule has 2 aromatic carbocycles. The molecule has 0 aliphatic heterocycles. The van der Waals surface area contributed by atoms with Gasteiger partial charge in [0.1, 0.15) is 29.5 Å². The van der Waals surface area contributed by atoms with Crippen LogP contribution in [0.4, 0.5) is 13.2 Å². The molecule has 0 spiro atoms.